The zero-order chi connectivity index (χ0) is 12.8. The largest absolute Gasteiger partial charge is 0.467 e. The summed E-state index contributed by atoms with van der Waals surface area (Å²) in [5.41, 5.74) is 0. The van der Waals surface area contributed by atoms with Crippen molar-refractivity contribution in [2.75, 3.05) is 32.7 Å². The molecule has 17 heavy (non-hydrogen) atoms. The second kappa shape index (κ2) is 6.41. The lowest BCUT2D eigenvalue weighted by atomic mass is 10.3. The second-order valence-corrected chi connectivity index (χ2v) is 3.58. The summed E-state index contributed by atoms with van der Waals surface area (Å²) < 4.78 is 9.64. The van der Waals surface area contributed by atoms with Crippen molar-refractivity contribution in [1.82, 2.24) is 10.2 Å². The third-order valence-corrected chi connectivity index (χ3v) is 2.43. The molecular formula is C9H13ClN2O5. The van der Waals surface area contributed by atoms with Crippen LogP contribution in [0.15, 0.2) is 0 Å². The van der Waals surface area contributed by atoms with Crippen LogP contribution in [0.25, 0.3) is 0 Å². The number of imide groups is 1. The third kappa shape index (κ3) is 3.86. The lowest BCUT2D eigenvalue weighted by Crippen LogP contribution is -2.53. The minimum atomic E-state index is -0.814. The number of nitrogens with one attached hydrogen (secondary N) is 1. The molecule has 0 spiro atoms. The summed E-state index contributed by atoms with van der Waals surface area (Å²) in [5.74, 6) is -1.43. The number of alkyl halides is 1. The first-order valence-electron chi connectivity index (χ1n) is 4.92. The Balaban J connectivity index is 2.51. The first kappa shape index (κ1) is 13.7. The zero-order valence-electron chi connectivity index (χ0n) is 9.27. The second-order valence-electron chi connectivity index (χ2n) is 3.32. The van der Waals surface area contributed by atoms with Gasteiger partial charge in [-0.05, 0) is 0 Å². The normalized spacial score (nSPS) is 19.6. The predicted octanol–water partition coefficient (Wildman–Crippen LogP) is -0.665. The van der Waals surface area contributed by atoms with E-state index in [9.17, 15) is 14.4 Å². The molecule has 0 saturated carbocycles. The number of ether oxygens (including phenoxy) is 2. The fourth-order valence-electron chi connectivity index (χ4n) is 1.34. The van der Waals surface area contributed by atoms with Gasteiger partial charge in [-0.3, -0.25) is 10.1 Å². The minimum absolute atomic E-state index is 0.0497. The van der Waals surface area contributed by atoms with E-state index in [1.165, 1.54) is 12.0 Å². The predicted molar refractivity (Wildman–Crippen MR) is 57.6 cm³/mol. The maximum absolute atomic E-state index is 11.6. The van der Waals surface area contributed by atoms with Crippen LogP contribution < -0.4 is 5.32 Å². The topological polar surface area (TPSA) is 84.9 Å². The van der Waals surface area contributed by atoms with Gasteiger partial charge >= 0.3 is 12.0 Å². The van der Waals surface area contributed by atoms with Crippen molar-refractivity contribution in [3.63, 3.8) is 0 Å². The number of amides is 3. The molecule has 1 heterocycles. The van der Waals surface area contributed by atoms with Crippen LogP contribution in [0.5, 0.6) is 0 Å². The van der Waals surface area contributed by atoms with E-state index in [0.717, 1.165) is 0 Å². The first-order valence-corrected chi connectivity index (χ1v) is 5.46. The molecule has 0 aromatic rings. The van der Waals surface area contributed by atoms with Gasteiger partial charge in [0.1, 0.15) is 5.88 Å². The number of urea groups is 1. The number of methoxy groups -OCH3 is 1. The van der Waals surface area contributed by atoms with Crippen LogP contribution in [0.4, 0.5) is 4.79 Å². The van der Waals surface area contributed by atoms with E-state index in [-0.39, 0.29) is 19.0 Å². The highest BCUT2D eigenvalue weighted by Crippen LogP contribution is 2.06. The highest BCUT2D eigenvalue weighted by atomic mass is 35.5. The quantitative estimate of drug-likeness (QED) is 0.528. The number of esters is 1. The maximum atomic E-state index is 11.6. The lowest BCUT2D eigenvalue weighted by molar-refractivity contribution is -0.158. The number of hydrogen-bond acceptors (Lipinski definition) is 5. The molecule has 1 N–H and O–H groups in total. The molecule has 1 atom stereocenters. The van der Waals surface area contributed by atoms with E-state index < -0.39 is 24.0 Å². The van der Waals surface area contributed by atoms with E-state index in [4.69, 9.17) is 16.3 Å². The highest BCUT2D eigenvalue weighted by Gasteiger charge is 2.30. The third-order valence-electron chi connectivity index (χ3n) is 2.19. The van der Waals surface area contributed by atoms with Crippen LogP contribution >= 0.6 is 11.6 Å². The van der Waals surface area contributed by atoms with Gasteiger partial charge in [-0.15, -0.1) is 11.6 Å². The van der Waals surface area contributed by atoms with Gasteiger partial charge < -0.3 is 14.4 Å². The van der Waals surface area contributed by atoms with Gasteiger partial charge in [-0.1, -0.05) is 0 Å². The number of rotatable bonds is 2. The molecular weight excluding hydrogens is 252 g/mol. The molecule has 96 valence electrons. The summed E-state index contributed by atoms with van der Waals surface area (Å²) in [5, 5.41) is 2.09. The Morgan fingerprint density at radius 1 is 1.53 bits per heavy atom. The SMILES string of the molecule is COC(=O)C1CN(C(=O)NC(=O)CCl)CCO1. The van der Waals surface area contributed by atoms with Crippen molar-refractivity contribution in [2.45, 2.75) is 6.10 Å². The van der Waals surface area contributed by atoms with Gasteiger partial charge in [-0.25, -0.2) is 9.59 Å². The molecule has 1 aliphatic rings. The lowest BCUT2D eigenvalue weighted by Gasteiger charge is -2.31. The van der Waals surface area contributed by atoms with Crippen molar-refractivity contribution in [3.05, 3.63) is 0 Å². The van der Waals surface area contributed by atoms with Crippen LogP contribution in [-0.2, 0) is 19.1 Å². The zero-order valence-corrected chi connectivity index (χ0v) is 10.0. The van der Waals surface area contributed by atoms with Gasteiger partial charge in [0.05, 0.1) is 20.3 Å². The summed E-state index contributed by atoms with van der Waals surface area (Å²) in [4.78, 5) is 35.0. The van der Waals surface area contributed by atoms with E-state index in [2.05, 4.69) is 10.1 Å². The fourth-order valence-corrected chi connectivity index (χ4v) is 1.41. The van der Waals surface area contributed by atoms with Gasteiger partial charge in [0.15, 0.2) is 6.10 Å². The van der Waals surface area contributed by atoms with Crippen molar-refractivity contribution < 1.29 is 23.9 Å². The summed E-state index contributed by atoms with van der Waals surface area (Å²) in [6.45, 7) is 0.561. The molecule has 1 aliphatic heterocycles. The average Bonchev–Trinajstić information content (AvgIpc) is 2.37. The van der Waals surface area contributed by atoms with E-state index in [1.54, 1.807) is 0 Å². The Morgan fingerprint density at radius 3 is 2.82 bits per heavy atom. The van der Waals surface area contributed by atoms with Crippen LogP contribution in [0, 0.1) is 0 Å². The summed E-state index contributed by atoms with van der Waals surface area (Å²) >= 11 is 5.25. The smallest absolute Gasteiger partial charge is 0.336 e. The standard InChI is InChI=1S/C9H13ClN2O5/c1-16-8(14)6-5-12(2-3-17-6)9(15)11-7(13)4-10/h6H,2-5H2,1H3,(H,11,13,15). The molecule has 0 aromatic carbocycles. The van der Waals surface area contributed by atoms with E-state index >= 15 is 0 Å². The van der Waals surface area contributed by atoms with Gasteiger partial charge in [0.2, 0.25) is 5.91 Å². The Kier molecular flexibility index (Phi) is 5.17. The Bertz CT molecular complexity index is 323. The molecule has 1 unspecified atom stereocenters. The van der Waals surface area contributed by atoms with Crippen molar-refractivity contribution >= 4 is 29.5 Å². The van der Waals surface area contributed by atoms with E-state index in [0.29, 0.717) is 6.54 Å². The summed E-state index contributed by atoms with van der Waals surface area (Å²) in [6, 6.07) is -0.590. The number of nitrogens with zero attached hydrogens (tertiary/aromatic N) is 1. The van der Waals surface area contributed by atoms with Gasteiger partial charge in [0, 0.05) is 6.54 Å². The molecule has 1 fully saturated rings. The molecule has 7 nitrogen and oxygen atoms in total. The Hall–Kier alpha value is -1.34. The van der Waals surface area contributed by atoms with Gasteiger partial charge in [-0.2, -0.15) is 0 Å². The summed E-state index contributed by atoms with van der Waals surface area (Å²) in [7, 11) is 1.24. The number of morpholine rings is 1. The first-order chi connectivity index (χ1) is 8.08. The fraction of sp³-hybridized carbons (Fsp3) is 0.667. The van der Waals surface area contributed by atoms with Gasteiger partial charge in [0.25, 0.3) is 0 Å². The molecule has 0 aliphatic carbocycles. The Labute approximate surface area is 103 Å². The molecule has 8 heteroatoms. The number of halogens is 1. The van der Waals surface area contributed by atoms with Crippen LogP contribution in [-0.4, -0.2) is 61.6 Å². The molecule has 0 radical (unpaired) electrons. The van der Waals surface area contributed by atoms with Crippen molar-refractivity contribution in [2.24, 2.45) is 0 Å². The highest BCUT2D eigenvalue weighted by molar-refractivity contribution is 6.28. The van der Waals surface area contributed by atoms with Crippen LogP contribution in [0.2, 0.25) is 0 Å². The number of carbonyl (C=O) groups is 3. The van der Waals surface area contributed by atoms with Crippen LogP contribution in [0.3, 0.4) is 0 Å². The monoisotopic (exact) mass is 264 g/mol. The molecule has 1 rings (SSSR count). The average molecular weight is 265 g/mol. The molecule has 0 aromatic heterocycles. The van der Waals surface area contributed by atoms with Crippen molar-refractivity contribution in [1.29, 1.82) is 0 Å². The maximum Gasteiger partial charge on any atom is 0.336 e. The minimum Gasteiger partial charge on any atom is -0.467 e. The number of hydrogen-bond donors (Lipinski definition) is 1. The van der Waals surface area contributed by atoms with Crippen molar-refractivity contribution in [3.8, 4) is 0 Å². The van der Waals surface area contributed by atoms with E-state index in [1.807, 2.05) is 0 Å². The van der Waals surface area contributed by atoms with Crippen LogP contribution in [0.1, 0.15) is 0 Å². The molecule has 0 bridgehead atoms. The Morgan fingerprint density at radius 2 is 2.24 bits per heavy atom. The number of carbonyl (C=O) groups excluding carboxylic acids is 3. The molecule has 3 amide bonds. The molecule has 1 saturated heterocycles. The summed E-state index contributed by atoms with van der Waals surface area (Å²) in [6.07, 6.45) is -0.814.